The molecule has 146 valence electrons. The zero-order chi connectivity index (χ0) is 20.1. The second-order valence-corrected chi connectivity index (χ2v) is 6.49. The van der Waals surface area contributed by atoms with Crippen molar-refractivity contribution in [2.45, 2.75) is 25.7 Å². The third kappa shape index (κ3) is 4.61. The van der Waals surface area contributed by atoms with Gasteiger partial charge in [-0.15, -0.1) is 0 Å². The maximum Gasteiger partial charge on any atom is 0.277 e. The van der Waals surface area contributed by atoms with E-state index in [0.29, 0.717) is 0 Å². The Balaban J connectivity index is 1.57. The molecule has 0 aliphatic heterocycles. The van der Waals surface area contributed by atoms with Crippen LogP contribution in [0.3, 0.4) is 0 Å². The van der Waals surface area contributed by atoms with Crippen molar-refractivity contribution in [1.82, 2.24) is 5.32 Å². The number of nitro groups is 2. The highest BCUT2D eigenvalue weighted by atomic mass is 16.6. The molecule has 9 heteroatoms. The number of hydrogen-bond acceptors (Lipinski definition) is 6. The Hall–Kier alpha value is -3.49. The summed E-state index contributed by atoms with van der Waals surface area (Å²) in [6.07, 6.45) is 4.49. The van der Waals surface area contributed by atoms with E-state index in [1.165, 1.54) is 24.0 Å². The Labute approximate surface area is 160 Å². The van der Waals surface area contributed by atoms with Crippen LogP contribution in [0.2, 0.25) is 0 Å². The summed E-state index contributed by atoms with van der Waals surface area (Å²) >= 11 is 0. The highest BCUT2D eigenvalue weighted by Gasteiger charge is 2.19. The van der Waals surface area contributed by atoms with E-state index in [9.17, 15) is 25.0 Å². The van der Waals surface area contributed by atoms with Gasteiger partial charge in [-0.3, -0.25) is 25.0 Å². The van der Waals surface area contributed by atoms with Gasteiger partial charge in [0.25, 0.3) is 17.3 Å². The Morgan fingerprint density at radius 1 is 0.964 bits per heavy atom. The van der Waals surface area contributed by atoms with Crippen LogP contribution in [0.5, 0.6) is 5.75 Å². The van der Waals surface area contributed by atoms with Crippen LogP contribution in [0.25, 0.3) is 0 Å². The molecule has 0 aromatic heterocycles. The number of aryl methyl sites for hydroxylation is 2. The van der Waals surface area contributed by atoms with Gasteiger partial charge in [-0.2, -0.15) is 0 Å². The largest absolute Gasteiger partial charge is 0.492 e. The van der Waals surface area contributed by atoms with Crippen LogP contribution in [-0.4, -0.2) is 28.9 Å². The molecule has 2 aromatic carbocycles. The molecule has 0 fully saturated rings. The minimum absolute atomic E-state index is 0.144. The molecule has 1 aliphatic rings. The predicted molar refractivity (Wildman–Crippen MR) is 101 cm³/mol. The lowest BCUT2D eigenvalue weighted by Crippen LogP contribution is -2.28. The number of carbonyl (C=O) groups excluding carboxylic acids is 1. The van der Waals surface area contributed by atoms with Crippen LogP contribution in [0.15, 0.2) is 36.4 Å². The van der Waals surface area contributed by atoms with E-state index >= 15 is 0 Å². The molecule has 28 heavy (non-hydrogen) atoms. The monoisotopic (exact) mass is 385 g/mol. The maximum absolute atomic E-state index is 12.2. The standard InChI is InChI=1S/C19H19N3O6/c23-19(15-9-16(21(24)25)12-17(10-15)22(26)27)20-7-8-28-18-6-5-13-3-1-2-4-14(13)11-18/h5-6,9-12H,1-4,7-8H2,(H,20,23). The zero-order valence-electron chi connectivity index (χ0n) is 15.1. The summed E-state index contributed by atoms with van der Waals surface area (Å²) in [4.78, 5) is 32.4. The van der Waals surface area contributed by atoms with Gasteiger partial charge in [-0.05, 0) is 48.9 Å². The molecule has 0 bridgehead atoms. The first-order valence-electron chi connectivity index (χ1n) is 8.91. The van der Waals surface area contributed by atoms with Crippen molar-refractivity contribution in [2.24, 2.45) is 0 Å². The average Bonchev–Trinajstić information content (AvgIpc) is 2.70. The first kappa shape index (κ1) is 19.3. The topological polar surface area (TPSA) is 125 Å². The summed E-state index contributed by atoms with van der Waals surface area (Å²) in [6.45, 7) is 0.369. The number of non-ortho nitro benzene ring substituents is 2. The maximum atomic E-state index is 12.2. The molecule has 0 unspecified atom stereocenters. The number of nitrogens with zero attached hydrogens (tertiary/aromatic N) is 2. The minimum atomic E-state index is -0.775. The van der Waals surface area contributed by atoms with Gasteiger partial charge in [-0.25, -0.2) is 0 Å². The second-order valence-electron chi connectivity index (χ2n) is 6.49. The first-order chi connectivity index (χ1) is 13.4. The fourth-order valence-electron chi connectivity index (χ4n) is 3.17. The average molecular weight is 385 g/mol. The zero-order valence-corrected chi connectivity index (χ0v) is 15.1. The van der Waals surface area contributed by atoms with E-state index in [2.05, 4.69) is 11.4 Å². The summed E-state index contributed by atoms with van der Waals surface area (Å²) in [5.41, 5.74) is 1.47. The van der Waals surface area contributed by atoms with Crippen molar-refractivity contribution < 1.29 is 19.4 Å². The van der Waals surface area contributed by atoms with Crippen LogP contribution < -0.4 is 10.1 Å². The molecule has 1 N–H and O–H groups in total. The quantitative estimate of drug-likeness (QED) is 0.443. The van der Waals surface area contributed by atoms with E-state index < -0.39 is 27.1 Å². The first-order valence-corrected chi connectivity index (χ1v) is 8.91. The molecule has 0 radical (unpaired) electrons. The molecule has 9 nitrogen and oxygen atoms in total. The van der Waals surface area contributed by atoms with Crippen molar-refractivity contribution in [3.63, 3.8) is 0 Å². The molecule has 1 amide bonds. The summed E-state index contributed by atoms with van der Waals surface area (Å²) in [6, 6.07) is 8.80. The predicted octanol–water partition coefficient (Wildman–Crippen LogP) is 3.19. The highest BCUT2D eigenvalue weighted by Crippen LogP contribution is 2.25. The number of hydrogen-bond donors (Lipinski definition) is 1. The fraction of sp³-hybridized carbons (Fsp3) is 0.316. The van der Waals surface area contributed by atoms with E-state index in [-0.39, 0.29) is 18.7 Å². The van der Waals surface area contributed by atoms with Crippen molar-refractivity contribution in [2.75, 3.05) is 13.2 Å². The Morgan fingerprint density at radius 3 is 2.25 bits per heavy atom. The number of nitro benzene ring substituents is 2. The van der Waals surface area contributed by atoms with E-state index in [1.807, 2.05) is 12.1 Å². The minimum Gasteiger partial charge on any atom is -0.492 e. The molecule has 0 saturated heterocycles. The number of fused-ring (bicyclic) bond motifs is 1. The van der Waals surface area contributed by atoms with Crippen LogP contribution in [-0.2, 0) is 12.8 Å². The van der Waals surface area contributed by atoms with E-state index in [1.54, 1.807) is 0 Å². The van der Waals surface area contributed by atoms with Crippen LogP contribution in [0.4, 0.5) is 11.4 Å². The fourth-order valence-corrected chi connectivity index (χ4v) is 3.17. The summed E-state index contributed by atoms with van der Waals surface area (Å²) in [7, 11) is 0. The Bertz CT molecular complexity index is 896. The number of amides is 1. The Morgan fingerprint density at radius 2 is 1.61 bits per heavy atom. The van der Waals surface area contributed by atoms with Gasteiger partial charge >= 0.3 is 0 Å². The van der Waals surface area contributed by atoms with Gasteiger partial charge in [0.2, 0.25) is 0 Å². The third-order valence-electron chi connectivity index (χ3n) is 4.56. The molecule has 0 atom stereocenters. The molecular formula is C19H19N3O6. The lowest BCUT2D eigenvalue weighted by molar-refractivity contribution is -0.394. The van der Waals surface area contributed by atoms with Crippen LogP contribution in [0.1, 0.15) is 34.3 Å². The number of benzene rings is 2. The van der Waals surface area contributed by atoms with Gasteiger partial charge in [0, 0.05) is 12.1 Å². The Kier molecular flexibility index (Phi) is 5.83. The SMILES string of the molecule is O=C(NCCOc1ccc2c(c1)CCCC2)c1cc([N+](=O)[O-])cc([N+](=O)[O-])c1. The lowest BCUT2D eigenvalue weighted by atomic mass is 9.92. The third-order valence-corrected chi connectivity index (χ3v) is 4.56. The number of ether oxygens (including phenoxy) is 1. The summed E-state index contributed by atoms with van der Waals surface area (Å²) in [5, 5.41) is 24.4. The lowest BCUT2D eigenvalue weighted by Gasteiger charge is -2.16. The van der Waals surface area contributed by atoms with Gasteiger partial charge in [0.05, 0.1) is 28.0 Å². The highest BCUT2D eigenvalue weighted by molar-refractivity contribution is 5.95. The smallest absolute Gasteiger partial charge is 0.277 e. The van der Waals surface area contributed by atoms with Crippen molar-refractivity contribution in [1.29, 1.82) is 0 Å². The van der Waals surface area contributed by atoms with Gasteiger partial charge in [0.15, 0.2) is 0 Å². The van der Waals surface area contributed by atoms with Crippen molar-refractivity contribution in [3.8, 4) is 5.75 Å². The summed E-state index contributed by atoms with van der Waals surface area (Å²) in [5.74, 6) is 0.0849. The summed E-state index contributed by atoms with van der Waals surface area (Å²) < 4.78 is 5.65. The number of nitrogens with one attached hydrogen (secondary N) is 1. The van der Waals surface area contributed by atoms with E-state index in [0.717, 1.165) is 36.8 Å². The van der Waals surface area contributed by atoms with Crippen molar-refractivity contribution >= 4 is 17.3 Å². The molecule has 0 spiro atoms. The number of rotatable bonds is 7. The van der Waals surface area contributed by atoms with Gasteiger partial charge < -0.3 is 10.1 Å². The normalized spacial score (nSPS) is 12.7. The molecule has 3 rings (SSSR count). The van der Waals surface area contributed by atoms with Gasteiger partial charge in [0.1, 0.15) is 12.4 Å². The molecule has 0 saturated carbocycles. The van der Waals surface area contributed by atoms with Crippen LogP contribution in [0, 0.1) is 20.2 Å². The van der Waals surface area contributed by atoms with E-state index in [4.69, 9.17) is 4.74 Å². The molecule has 1 aliphatic carbocycles. The molecular weight excluding hydrogens is 366 g/mol. The van der Waals surface area contributed by atoms with Crippen LogP contribution >= 0.6 is 0 Å². The molecule has 0 heterocycles. The molecule has 2 aromatic rings. The van der Waals surface area contributed by atoms with Crippen molar-refractivity contribution in [3.05, 3.63) is 73.3 Å². The van der Waals surface area contributed by atoms with Gasteiger partial charge in [-0.1, -0.05) is 6.07 Å². The second kappa shape index (κ2) is 8.47. The number of carbonyl (C=O) groups is 1.